The summed E-state index contributed by atoms with van der Waals surface area (Å²) in [5.74, 6) is 0.0413. The number of aryl methyl sites for hydroxylation is 1. The summed E-state index contributed by atoms with van der Waals surface area (Å²) in [6, 6.07) is 15.8. The maximum atomic E-state index is 12.7. The molecular formula is C21H26N2O3. The van der Waals surface area contributed by atoms with Gasteiger partial charge in [-0.15, -0.1) is 0 Å². The third kappa shape index (κ3) is 4.84. The average molecular weight is 354 g/mol. The predicted molar refractivity (Wildman–Crippen MR) is 102 cm³/mol. The first-order chi connectivity index (χ1) is 12.7. The van der Waals surface area contributed by atoms with Gasteiger partial charge in [0.15, 0.2) is 0 Å². The molecule has 5 nitrogen and oxygen atoms in total. The fourth-order valence-electron chi connectivity index (χ4n) is 3.08. The molecule has 1 unspecified atom stereocenters. The number of benzene rings is 2. The minimum atomic E-state index is -0.0888. The highest BCUT2D eigenvalue weighted by atomic mass is 16.5. The van der Waals surface area contributed by atoms with Crippen LogP contribution >= 0.6 is 0 Å². The molecule has 1 N–H and O–H groups in total. The van der Waals surface area contributed by atoms with Crippen molar-refractivity contribution in [3.8, 4) is 0 Å². The molecule has 1 fully saturated rings. The SMILES string of the molecule is CNc1ccc(C(=O)N2CCOC(COCc3cccc(C)c3)C2)cc1. The molecule has 2 aromatic carbocycles. The Morgan fingerprint density at radius 3 is 2.81 bits per heavy atom. The maximum absolute atomic E-state index is 12.7. The van der Waals surface area contributed by atoms with E-state index in [4.69, 9.17) is 9.47 Å². The van der Waals surface area contributed by atoms with Crippen LogP contribution in [0.4, 0.5) is 5.69 Å². The molecule has 1 saturated heterocycles. The van der Waals surface area contributed by atoms with Crippen molar-refractivity contribution in [2.45, 2.75) is 19.6 Å². The van der Waals surface area contributed by atoms with E-state index < -0.39 is 0 Å². The molecule has 1 amide bonds. The number of nitrogens with one attached hydrogen (secondary N) is 1. The van der Waals surface area contributed by atoms with E-state index in [1.165, 1.54) is 5.56 Å². The highest BCUT2D eigenvalue weighted by molar-refractivity contribution is 5.94. The largest absolute Gasteiger partial charge is 0.388 e. The lowest BCUT2D eigenvalue weighted by Crippen LogP contribution is -2.47. The van der Waals surface area contributed by atoms with Crippen LogP contribution in [0, 0.1) is 6.92 Å². The van der Waals surface area contributed by atoms with Crippen molar-refractivity contribution in [3.05, 3.63) is 65.2 Å². The second kappa shape index (κ2) is 8.83. The molecule has 0 saturated carbocycles. The summed E-state index contributed by atoms with van der Waals surface area (Å²) in [4.78, 5) is 14.5. The first-order valence-electron chi connectivity index (χ1n) is 8.97. The van der Waals surface area contributed by atoms with Crippen molar-refractivity contribution in [1.29, 1.82) is 0 Å². The van der Waals surface area contributed by atoms with Gasteiger partial charge in [0.1, 0.15) is 0 Å². The molecule has 0 bridgehead atoms. The third-order valence-corrected chi connectivity index (χ3v) is 4.50. The molecule has 0 spiro atoms. The van der Waals surface area contributed by atoms with E-state index in [2.05, 4.69) is 30.4 Å². The molecule has 1 atom stereocenters. The summed E-state index contributed by atoms with van der Waals surface area (Å²) in [6.45, 7) is 4.82. The lowest BCUT2D eigenvalue weighted by atomic mass is 10.1. The van der Waals surface area contributed by atoms with Gasteiger partial charge in [-0.2, -0.15) is 0 Å². The van der Waals surface area contributed by atoms with Gasteiger partial charge in [0.25, 0.3) is 5.91 Å². The van der Waals surface area contributed by atoms with Gasteiger partial charge in [-0.3, -0.25) is 4.79 Å². The fourth-order valence-corrected chi connectivity index (χ4v) is 3.08. The van der Waals surface area contributed by atoms with Crippen LogP contribution in [0.3, 0.4) is 0 Å². The van der Waals surface area contributed by atoms with Crippen LogP contribution in [0.15, 0.2) is 48.5 Å². The summed E-state index contributed by atoms with van der Waals surface area (Å²) >= 11 is 0. The number of nitrogens with zero attached hydrogens (tertiary/aromatic N) is 1. The monoisotopic (exact) mass is 354 g/mol. The van der Waals surface area contributed by atoms with E-state index in [1.807, 2.05) is 42.3 Å². The molecule has 1 heterocycles. The molecule has 3 rings (SSSR count). The Morgan fingerprint density at radius 2 is 2.08 bits per heavy atom. The van der Waals surface area contributed by atoms with Crippen molar-refractivity contribution in [2.24, 2.45) is 0 Å². The normalized spacial score (nSPS) is 17.2. The summed E-state index contributed by atoms with van der Waals surface area (Å²) in [5, 5.41) is 3.06. The summed E-state index contributed by atoms with van der Waals surface area (Å²) in [5.41, 5.74) is 4.07. The Labute approximate surface area is 154 Å². The number of morpholine rings is 1. The number of hydrogen-bond acceptors (Lipinski definition) is 4. The third-order valence-electron chi connectivity index (χ3n) is 4.50. The minimum Gasteiger partial charge on any atom is -0.388 e. The Balaban J connectivity index is 1.50. The summed E-state index contributed by atoms with van der Waals surface area (Å²) in [6.07, 6.45) is -0.0888. The second-order valence-corrected chi connectivity index (χ2v) is 6.58. The number of anilines is 1. The molecule has 1 aliphatic rings. The zero-order valence-corrected chi connectivity index (χ0v) is 15.4. The summed E-state index contributed by atoms with van der Waals surface area (Å²) in [7, 11) is 1.86. The molecule has 5 heteroatoms. The number of amides is 1. The van der Waals surface area contributed by atoms with E-state index in [9.17, 15) is 4.79 Å². The minimum absolute atomic E-state index is 0.0413. The van der Waals surface area contributed by atoms with Crippen molar-refractivity contribution in [3.63, 3.8) is 0 Å². The Hall–Kier alpha value is -2.37. The highest BCUT2D eigenvalue weighted by Gasteiger charge is 2.25. The van der Waals surface area contributed by atoms with Gasteiger partial charge >= 0.3 is 0 Å². The van der Waals surface area contributed by atoms with Crippen LogP contribution in [-0.2, 0) is 16.1 Å². The van der Waals surface area contributed by atoms with Crippen molar-refractivity contribution in [2.75, 3.05) is 38.7 Å². The fraction of sp³-hybridized carbons (Fsp3) is 0.381. The number of carbonyl (C=O) groups excluding carboxylic acids is 1. The van der Waals surface area contributed by atoms with Crippen molar-refractivity contribution < 1.29 is 14.3 Å². The van der Waals surface area contributed by atoms with Crippen LogP contribution in [-0.4, -0.2) is 50.3 Å². The molecule has 26 heavy (non-hydrogen) atoms. The van der Waals surface area contributed by atoms with Crippen LogP contribution in [0.25, 0.3) is 0 Å². The van der Waals surface area contributed by atoms with Crippen molar-refractivity contribution in [1.82, 2.24) is 4.90 Å². The quantitative estimate of drug-likeness (QED) is 0.866. The Bertz CT molecular complexity index is 730. The summed E-state index contributed by atoms with van der Waals surface area (Å²) < 4.78 is 11.6. The first kappa shape index (κ1) is 18.4. The van der Waals surface area contributed by atoms with Gasteiger partial charge in [0.2, 0.25) is 0 Å². The van der Waals surface area contributed by atoms with Crippen molar-refractivity contribution >= 4 is 11.6 Å². The number of rotatable bonds is 6. The van der Waals surface area contributed by atoms with Gasteiger partial charge < -0.3 is 19.7 Å². The zero-order valence-electron chi connectivity index (χ0n) is 15.4. The van der Waals surface area contributed by atoms with Crippen LogP contribution < -0.4 is 5.32 Å². The highest BCUT2D eigenvalue weighted by Crippen LogP contribution is 2.14. The number of carbonyl (C=O) groups is 1. The predicted octanol–water partition coefficient (Wildman–Crippen LogP) is 3.09. The van der Waals surface area contributed by atoms with Gasteiger partial charge in [-0.25, -0.2) is 0 Å². The van der Waals surface area contributed by atoms with E-state index in [1.54, 1.807) is 0 Å². The Kier molecular flexibility index (Phi) is 6.26. The van der Waals surface area contributed by atoms with Gasteiger partial charge in [0, 0.05) is 31.4 Å². The van der Waals surface area contributed by atoms with Gasteiger partial charge in [0.05, 0.1) is 25.9 Å². The first-order valence-corrected chi connectivity index (χ1v) is 8.97. The molecule has 1 aliphatic heterocycles. The molecule has 2 aromatic rings. The lowest BCUT2D eigenvalue weighted by molar-refractivity contribution is -0.0647. The molecule has 0 aliphatic carbocycles. The number of hydrogen-bond donors (Lipinski definition) is 1. The average Bonchev–Trinajstić information content (AvgIpc) is 2.68. The topological polar surface area (TPSA) is 50.8 Å². The van der Waals surface area contributed by atoms with Crippen LogP contribution in [0.2, 0.25) is 0 Å². The van der Waals surface area contributed by atoms with E-state index in [0.29, 0.717) is 38.5 Å². The van der Waals surface area contributed by atoms with Crippen LogP contribution in [0.5, 0.6) is 0 Å². The van der Waals surface area contributed by atoms with Gasteiger partial charge in [-0.05, 0) is 36.8 Å². The smallest absolute Gasteiger partial charge is 0.254 e. The maximum Gasteiger partial charge on any atom is 0.254 e. The van der Waals surface area contributed by atoms with E-state index in [-0.39, 0.29) is 12.0 Å². The van der Waals surface area contributed by atoms with Crippen LogP contribution in [0.1, 0.15) is 21.5 Å². The lowest BCUT2D eigenvalue weighted by Gasteiger charge is -2.33. The van der Waals surface area contributed by atoms with Gasteiger partial charge in [-0.1, -0.05) is 29.8 Å². The Morgan fingerprint density at radius 1 is 1.27 bits per heavy atom. The molecular weight excluding hydrogens is 328 g/mol. The van der Waals surface area contributed by atoms with E-state index >= 15 is 0 Å². The second-order valence-electron chi connectivity index (χ2n) is 6.58. The molecule has 0 aromatic heterocycles. The molecule has 0 radical (unpaired) electrons. The van der Waals surface area contributed by atoms with E-state index in [0.717, 1.165) is 11.3 Å². The standard InChI is InChI=1S/C21H26N2O3/c1-16-4-3-5-17(12-16)14-25-15-20-13-23(10-11-26-20)21(24)18-6-8-19(22-2)9-7-18/h3-9,12,20,22H,10-11,13-15H2,1-2H3. The molecule has 138 valence electrons. The zero-order chi connectivity index (χ0) is 18.4. The number of ether oxygens (including phenoxy) is 2.